The van der Waals surface area contributed by atoms with E-state index in [1.54, 1.807) is 6.07 Å². The summed E-state index contributed by atoms with van der Waals surface area (Å²) in [6, 6.07) is 14.4. The largest absolute Gasteiger partial charge is 0.364 e. The predicted octanol–water partition coefficient (Wildman–Crippen LogP) is 3.00. The van der Waals surface area contributed by atoms with Crippen molar-refractivity contribution < 1.29 is 9.18 Å². The number of primary amides is 1. The number of fused-ring (bicyclic) bond motifs is 1. The zero-order valence-electron chi connectivity index (χ0n) is 13.8. The Morgan fingerprint density at radius 3 is 2.80 bits per heavy atom. The van der Waals surface area contributed by atoms with E-state index in [1.807, 2.05) is 28.8 Å². The summed E-state index contributed by atoms with van der Waals surface area (Å²) in [5.41, 5.74) is 9.07. The van der Waals surface area contributed by atoms with Gasteiger partial charge in [-0.15, -0.1) is 0 Å². The van der Waals surface area contributed by atoms with E-state index in [1.165, 1.54) is 17.7 Å². The summed E-state index contributed by atoms with van der Waals surface area (Å²) in [5.74, 6) is -0.315. The normalized spacial score (nSPS) is 17.2. The molecule has 0 saturated carbocycles. The van der Waals surface area contributed by atoms with Gasteiger partial charge in [-0.3, -0.25) is 4.79 Å². The van der Waals surface area contributed by atoms with Crippen molar-refractivity contribution >= 4 is 16.8 Å². The number of nitrogens with one attached hydrogen (secondary N) is 1. The molecule has 5 heteroatoms. The monoisotopic (exact) mass is 337 g/mol. The summed E-state index contributed by atoms with van der Waals surface area (Å²) >= 11 is 0. The van der Waals surface area contributed by atoms with Gasteiger partial charge in [-0.2, -0.15) is 0 Å². The van der Waals surface area contributed by atoms with Crippen LogP contribution in [0.25, 0.3) is 10.9 Å². The molecular weight excluding hydrogens is 317 g/mol. The fourth-order valence-electron chi connectivity index (χ4n) is 3.78. The molecule has 1 saturated heterocycles. The Kier molecular flexibility index (Phi) is 4.01. The molecule has 3 aromatic rings. The van der Waals surface area contributed by atoms with Crippen LogP contribution in [0.3, 0.4) is 0 Å². The maximum absolute atomic E-state index is 13.5. The van der Waals surface area contributed by atoms with Crippen LogP contribution in [0.15, 0.2) is 48.5 Å². The molecule has 1 aromatic heterocycles. The molecule has 1 amide bonds. The molecule has 0 bridgehead atoms. The van der Waals surface area contributed by atoms with Crippen LogP contribution in [0.1, 0.15) is 34.0 Å². The first-order chi connectivity index (χ1) is 12.1. The van der Waals surface area contributed by atoms with Gasteiger partial charge in [-0.1, -0.05) is 24.3 Å². The van der Waals surface area contributed by atoms with Gasteiger partial charge in [0, 0.05) is 24.0 Å². The van der Waals surface area contributed by atoms with Gasteiger partial charge in [0.05, 0.1) is 0 Å². The van der Waals surface area contributed by atoms with Crippen molar-refractivity contribution in [3.63, 3.8) is 0 Å². The first kappa shape index (κ1) is 15.8. The molecular formula is C20H20FN3O. The first-order valence-corrected chi connectivity index (χ1v) is 8.50. The van der Waals surface area contributed by atoms with Crippen LogP contribution in [0.4, 0.5) is 4.39 Å². The molecule has 1 aliphatic heterocycles. The van der Waals surface area contributed by atoms with E-state index in [-0.39, 0.29) is 5.82 Å². The number of amides is 1. The summed E-state index contributed by atoms with van der Waals surface area (Å²) in [6.45, 7) is 2.36. The highest BCUT2D eigenvalue weighted by Crippen LogP contribution is 2.32. The van der Waals surface area contributed by atoms with Gasteiger partial charge in [0.15, 0.2) is 0 Å². The van der Waals surface area contributed by atoms with Gasteiger partial charge in [0.1, 0.15) is 11.5 Å². The zero-order chi connectivity index (χ0) is 17.4. The molecule has 3 N–H and O–H groups in total. The van der Waals surface area contributed by atoms with Crippen molar-refractivity contribution in [2.75, 3.05) is 13.1 Å². The molecule has 0 radical (unpaired) electrons. The van der Waals surface area contributed by atoms with Crippen LogP contribution in [0, 0.1) is 5.82 Å². The van der Waals surface area contributed by atoms with Gasteiger partial charge in [-0.05, 0) is 54.3 Å². The fraction of sp³-hybridized carbons (Fsp3) is 0.250. The lowest BCUT2D eigenvalue weighted by Crippen LogP contribution is -2.17. The second-order valence-corrected chi connectivity index (χ2v) is 6.58. The molecule has 1 aliphatic rings. The Morgan fingerprint density at radius 2 is 2.08 bits per heavy atom. The Morgan fingerprint density at radius 1 is 1.24 bits per heavy atom. The number of aromatic nitrogens is 1. The Labute approximate surface area is 145 Å². The quantitative estimate of drug-likeness (QED) is 0.769. The Balaban J connectivity index is 1.85. The molecule has 4 rings (SSSR count). The molecule has 0 spiro atoms. The third kappa shape index (κ3) is 2.91. The van der Waals surface area contributed by atoms with Crippen LogP contribution < -0.4 is 11.1 Å². The minimum absolute atomic E-state index is 0.285. The van der Waals surface area contributed by atoms with E-state index in [0.29, 0.717) is 18.2 Å². The maximum Gasteiger partial charge on any atom is 0.265 e. The van der Waals surface area contributed by atoms with Crippen molar-refractivity contribution in [1.29, 1.82) is 0 Å². The number of carbonyl (C=O) groups excluding carboxylic acids is 1. The molecule has 128 valence electrons. The summed E-state index contributed by atoms with van der Waals surface area (Å²) in [5, 5.41) is 4.44. The topological polar surface area (TPSA) is 60.1 Å². The number of nitrogens with two attached hydrogens (primary N) is 1. The van der Waals surface area contributed by atoms with Crippen LogP contribution in [-0.4, -0.2) is 23.6 Å². The standard InChI is InChI=1S/C20H20FN3O/c21-15-4-1-3-13(9-15)12-24-18-6-2-5-16(14-7-8-23-11-14)17(18)10-19(24)20(22)25/h1-6,9-10,14,23H,7-8,11-12H2,(H2,22,25). The van der Waals surface area contributed by atoms with Gasteiger partial charge >= 0.3 is 0 Å². The molecule has 1 fully saturated rings. The number of hydrogen-bond donors (Lipinski definition) is 2. The van der Waals surface area contributed by atoms with Crippen LogP contribution >= 0.6 is 0 Å². The highest BCUT2D eigenvalue weighted by Gasteiger charge is 2.22. The average Bonchev–Trinajstić information content (AvgIpc) is 3.23. The summed E-state index contributed by atoms with van der Waals surface area (Å²) in [7, 11) is 0. The highest BCUT2D eigenvalue weighted by molar-refractivity contribution is 5.99. The van der Waals surface area contributed by atoms with E-state index in [2.05, 4.69) is 11.4 Å². The van der Waals surface area contributed by atoms with Crippen molar-refractivity contribution in [3.05, 3.63) is 71.2 Å². The van der Waals surface area contributed by atoms with Crippen molar-refractivity contribution in [2.45, 2.75) is 18.9 Å². The van der Waals surface area contributed by atoms with Crippen molar-refractivity contribution in [3.8, 4) is 0 Å². The lowest BCUT2D eigenvalue weighted by molar-refractivity contribution is 0.0992. The number of rotatable bonds is 4. The number of benzene rings is 2. The van der Waals surface area contributed by atoms with E-state index < -0.39 is 5.91 Å². The van der Waals surface area contributed by atoms with Crippen molar-refractivity contribution in [1.82, 2.24) is 9.88 Å². The number of nitrogens with zero attached hydrogens (tertiary/aromatic N) is 1. The molecule has 1 atom stereocenters. The molecule has 4 nitrogen and oxygen atoms in total. The molecule has 2 aromatic carbocycles. The van der Waals surface area contributed by atoms with Crippen LogP contribution in [0.5, 0.6) is 0 Å². The predicted molar refractivity (Wildman–Crippen MR) is 96.2 cm³/mol. The smallest absolute Gasteiger partial charge is 0.265 e. The van der Waals surface area contributed by atoms with Gasteiger partial charge in [0.2, 0.25) is 0 Å². The van der Waals surface area contributed by atoms with E-state index in [9.17, 15) is 9.18 Å². The van der Waals surface area contributed by atoms with Gasteiger partial charge < -0.3 is 15.6 Å². The minimum Gasteiger partial charge on any atom is -0.364 e. The maximum atomic E-state index is 13.5. The summed E-state index contributed by atoms with van der Waals surface area (Å²) < 4.78 is 15.4. The van der Waals surface area contributed by atoms with E-state index in [4.69, 9.17) is 5.73 Å². The Bertz CT molecular complexity index is 941. The summed E-state index contributed by atoms with van der Waals surface area (Å²) in [6.07, 6.45) is 1.08. The lowest BCUT2D eigenvalue weighted by atomic mass is 9.95. The van der Waals surface area contributed by atoms with Crippen LogP contribution in [-0.2, 0) is 6.54 Å². The fourth-order valence-corrected chi connectivity index (χ4v) is 3.78. The van der Waals surface area contributed by atoms with Crippen molar-refractivity contribution in [2.24, 2.45) is 5.73 Å². The molecule has 0 aliphatic carbocycles. The second-order valence-electron chi connectivity index (χ2n) is 6.58. The molecule has 1 unspecified atom stereocenters. The van der Waals surface area contributed by atoms with Gasteiger partial charge in [-0.25, -0.2) is 4.39 Å². The molecule has 2 heterocycles. The van der Waals surface area contributed by atoms with Gasteiger partial charge in [0.25, 0.3) is 5.91 Å². The van der Waals surface area contributed by atoms with E-state index >= 15 is 0 Å². The Hall–Kier alpha value is -2.66. The average molecular weight is 337 g/mol. The third-order valence-electron chi connectivity index (χ3n) is 4.96. The first-order valence-electron chi connectivity index (χ1n) is 8.50. The lowest BCUT2D eigenvalue weighted by Gasteiger charge is -2.12. The zero-order valence-corrected chi connectivity index (χ0v) is 13.8. The minimum atomic E-state index is -0.469. The van der Waals surface area contributed by atoms with E-state index in [0.717, 1.165) is 36.0 Å². The summed E-state index contributed by atoms with van der Waals surface area (Å²) in [4.78, 5) is 12.0. The number of halogens is 1. The van der Waals surface area contributed by atoms with Crippen LogP contribution in [0.2, 0.25) is 0 Å². The number of hydrogen-bond acceptors (Lipinski definition) is 2. The molecule has 25 heavy (non-hydrogen) atoms. The number of carbonyl (C=O) groups is 1. The second kappa shape index (κ2) is 6.33. The SMILES string of the molecule is NC(=O)c1cc2c(C3CCNC3)cccc2n1Cc1cccc(F)c1. The highest BCUT2D eigenvalue weighted by atomic mass is 19.1. The third-order valence-corrected chi connectivity index (χ3v) is 4.96.